The minimum Gasteiger partial charge on any atom is -0.399 e. The molecule has 4 nitrogen and oxygen atoms in total. The molecule has 1 aromatic carbocycles. The van der Waals surface area contributed by atoms with E-state index in [4.69, 9.17) is 11.5 Å². The van der Waals surface area contributed by atoms with Crippen molar-refractivity contribution in [2.45, 2.75) is 0 Å². The normalized spacial score (nSPS) is 11.4. The highest BCUT2D eigenvalue weighted by molar-refractivity contribution is 7.18. The fourth-order valence-electron chi connectivity index (χ4n) is 1.80. The number of aromatic nitrogens is 2. The van der Waals surface area contributed by atoms with E-state index in [-0.39, 0.29) is 0 Å². The molecule has 3 aromatic rings. The summed E-state index contributed by atoms with van der Waals surface area (Å²) in [5.74, 6) is 0.530. The molecule has 2 aromatic heterocycles. The van der Waals surface area contributed by atoms with Crippen LogP contribution in [-0.4, -0.2) is 9.97 Å². The summed E-state index contributed by atoms with van der Waals surface area (Å²) in [6, 6.07) is 7.71. The van der Waals surface area contributed by atoms with Crippen molar-refractivity contribution in [1.29, 1.82) is 0 Å². The summed E-state index contributed by atoms with van der Waals surface area (Å²) >= 11 is 1.56. The second kappa shape index (κ2) is 4.70. The van der Waals surface area contributed by atoms with Crippen LogP contribution in [0.4, 0.5) is 11.5 Å². The number of rotatable bonds is 2. The minimum absolute atomic E-state index is 0.530. The maximum Gasteiger partial charge on any atom is 0.144 e. The Labute approximate surface area is 114 Å². The largest absolute Gasteiger partial charge is 0.399 e. The smallest absolute Gasteiger partial charge is 0.144 e. The maximum absolute atomic E-state index is 5.81. The monoisotopic (exact) mass is 268 g/mol. The van der Waals surface area contributed by atoms with Gasteiger partial charge in [0.05, 0.1) is 10.2 Å². The van der Waals surface area contributed by atoms with Crippen molar-refractivity contribution >= 4 is 45.2 Å². The van der Waals surface area contributed by atoms with Crippen LogP contribution in [0, 0.1) is 0 Å². The number of nitrogens with two attached hydrogens (primary N) is 2. The molecule has 0 aliphatic carbocycles. The molecule has 0 saturated heterocycles. The molecule has 19 heavy (non-hydrogen) atoms. The predicted octanol–water partition coefficient (Wildman–Crippen LogP) is 3.03. The van der Waals surface area contributed by atoms with E-state index in [1.54, 1.807) is 11.3 Å². The number of hydrogen-bond acceptors (Lipinski definition) is 5. The molecule has 5 heteroatoms. The topological polar surface area (TPSA) is 77.8 Å². The van der Waals surface area contributed by atoms with Crippen LogP contribution in [0.1, 0.15) is 11.1 Å². The highest BCUT2D eigenvalue weighted by Crippen LogP contribution is 2.28. The van der Waals surface area contributed by atoms with E-state index in [2.05, 4.69) is 9.97 Å². The summed E-state index contributed by atoms with van der Waals surface area (Å²) in [6.07, 6.45) is 5.54. The van der Waals surface area contributed by atoms with E-state index in [0.29, 0.717) is 5.82 Å². The Bertz CT molecular complexity index is 744. The van der Waals surface area contributed by atoms with E-state index < -0.39 is 0 Å². The molecule has 0 aliphatic rings. The van der Waals surface area contributed by atoms with Crippen LogP contribution in [0.25, 0.3) is 22.4 Å². The summed E-state index contributed by atoms with van der Waals surface area (Å²) in [5, 5.41) is 2.03. The molecule has 0 atom stereocenters. The van der Waals surface area contributed by atoms with Crippen LogP contribution in [-0.2, 0) is 0 Å². The van der Waals surface area contributed by atoms with E-state index in [1.165, 1.54) is 6.33 Å². The van der Waals surface area contributed by atoms with E-state index >= 15 is 0 Å². The number of anilines is 2. The Morgan fingerprint density at radius 2 is 1.79 bits per heavy atom. The average Bonchev–Trinajstić information content (AvgIpc) is 2.83. The molecule has 0 saturated carbocycles. The summed E-state index contributed by atoms with van der Waals surface area (Å²) in [7, 11) is 0. The van der Waals surface area contributed by atoms with Gasteiger partial charge in [-0.25, -0.2) is 9.97 Å². The molecule has 4 N–H and O–H groups in total. The highest BCUT2D eigenvalue weighted by Gasteiger charge is 2.05. The van der Waals surface area contributed by atoms with E-state index in [1.807, 2.05) is 41.8 Å². The van der Waals surface area contributed by atoms with Crippen molar-refractivity contribution in [1.82, 2.24) is 9.97 Å². The molecule has 0 aliphatic heterocycles. The fourth-order valence-corrected chi connectivity index (χ4v) is 2.69. The van der Waals surface area contributed by atoms with Gasteiger partial charge >= 0.3 is 0 Å². The van der Waals surface area contributed by atoms with Crippen LogP contribution in [0.2, 0.25) is 0 Å². The zero-order chi connectivity index (χ0) is 13.2. The van der Waals surface area contributed by atoms with Gasteiger partial charge in [0.25, 0.3) is 0 Å². The third-order valence-electron chi connectivity index (χ3n) is 2.80. The number of nitrogens with zero attached hydrogens (tertiary/aromatic N) is 2. The fraction of sp³-hybridized carbons (Fsp3) is 0. The number of fused-ring (bicyclic) bond motifs is 1. The molecule has 94 valence electrons. The van der Waals surface area contributed by atoms with E-state index in [0.717, 1.165) is 27.0 Å². The zero-order valence-corrected chi connectivity index (χ0v) is 10.9. The third-order valence-corrected chi connectivity index (χ3v) is 3.81. The molecular weight excluding hydrogens is 256 g/mol. The van der Waals surface area contributed by atoms with Crippen molar-refractivity contribution in [2.75, 3.05) is 11.5 Å². The van der Waals surface area contributed by atoms with Gasteiger partial charge in [-0.3, -0.25) is 0 Å². The second-order valence-corrected chi connectivity index (χ2v) is 5.01. The van der Waals surface area contributed by atoms with Crippen LogP contribution in [0.5, 0.6) is 0 Å². The lowest BCUT2D eigenvalue weighted by molar-refractivity contribution is 1.24. The molecule has 0 fully saturated rings. The lowest BCUT2D eigenvalue weighted by Gasteiger charge is -1.95. The predicted molar refractivity (Wildman–Crippen MR) is 81.6 cm³/mol. The van der Waals surface area contributed by atoms with Crippen LogP contribution in [0.15, 0.2) is 36.0 Å². The van der Waals surface area contributed by atoms with Crippen molar-refractivity contribution in [3.05, 3.63) is 47.1 Å². The Morgan fingerprint density at radius 1 is 1.00 bits per heavy atom. The van der Waals surface area contributed by atoms with Crippen LogP contribution >= 0.6 is 11.3 Å². The summed E-state index contributed by atoms with van der Waals surface area (Å²) in [6.45, 7) is 0. The molecule has 0 unspecified atom stereocenters. The van der Waals surface area contributed by atoms with Crippen molar-refractivity contribution in [3.8, 4) is 0 Å². The van der Waals surface area contributed by atoms with Gasteiger partial charge in [0.2, 0.25) is 0 Å². The first kappa shape index (κ1) is 11.7. The summed E-state index contributed by atoms with van der Waals surface area (Å²) in [5.41, 5.74) is 15.3. The van der Waals surface area contributed by atoms with Crippen LogP contribution < -0.4 is 11.5 Å². The van der Waals surface area contributed by atoms with Gasteiger partial charge in [-0.1, -0.05) is 24.3 Å². The first-order valence-corrected chi connectivity index (χ1v) is 6.63. The maximum atomic E-state index is 5.81. The van der Waals surface area contributed by atoms with Gasteiger partial charge in [-0.2, -0.15) is 0 Å². The van der Waals surface area contributed by atoms with E-state index in [9.17, 15) is 0 Å². The van der Waals surface area contributed by atoms with Gasteiger partial charge in [0, 0.05) is 16.6 Å². The summed E-state index contributed by atoms with van der Waals surface area (Å²) in [4.78, 5) is 8.26. The lowest BCUT2D eigenvalue weighted by Crippen LogP contribution is -1.90. The average molecular weight is 268 g/mol. The number of benzene rings is 1. The Balaban J connectivity index is 1.97. The lowest BCUT2D eigenvalue weighted by atomic mass is 10.1. The quantitative estimate of drug-likeness (QED) is 0.700. The second-order valence-electron chi connectivity index (χ2n) is 4.13. The van der Waals surface area contributed by atoms with Crippen LogP contribution in [0.3, 0.4) is 0 Å². The SMILES string of the molecule is Nc1ccc(/C=C/c2csc3c(N)ncnc23)cc1. The first-order chi connectivity index (χ1) is 9.24. The third kappa shape index (κ3) is 2.28. The molecule has 0 spiro atoms. The standard InChI is InChI=1S/C14H12N4S/c15-11-5-2-9(3-6-11)1-4-10-7-19-13-12(10)17-8-18-14(13)16/h1-8H,15H2,(H2,16,17,18)/b4-1+. The molecule has 3 rings (SSSR count). The van der Waals surface area contributed by atoms with Gasteiger partial charge in [0.1, 0.15) is 12.1 Å². The van der Waals surface area contributed by atoms with Gasteiger partial charge in [0.15, 0.2) is 0 Å². The molecule has 0 bridgehead atoms. The van der Waals surface area contributed by atoms with Gasteiger partial charge in [-0.05, 0) is 17.7 Å². The highest BCUT2D eigenvalue weighted by atomic mass is 32.1. The first-order valence-electron chi connectivity index (χ1n) is 5.75. The van der Waals surface area contributed by atoms with Crippen molar-refractivity contribution < 1.29 is 0 Å². The van der Waals surface area contributed by atoms with Gasteiger partial charge in [-0.15, -0.1) is 11.3 Å². The Hall–Kier alpha value is -2.40. The Morgan fingerprint density at radius 3 is 2.58 bits per heavy atom. The molecule has 0 radical (unpaired) electrons. The summed E-state index contributed by atoms with van der Waals surface area (Å²) < 4.78 is 0.930. The molecular formula is C14H12N4S. The van der Waals surface area contributed by atoms with Crippen molar-refractivity contribution in [3.63, 3.8) is 0 Å². The van der Waals surface area contributed by atoms with Crippen molar-refractivity contribution in [2.24, 2.45) is 0 Å². The zero-order valence-electron chi connectivity index (χ0n) is 10.1. The molecule has 2 heterocycles. The minimum atomic E-state index is 0.530. The van der Waals surface area contributed by atoms with Gasteiger partial charge < -0.3 is 11.5 Å². The number of thiophene rings is 1. The molecule has 0 amide bonds. The number of hydrogen-bond donors (Lipinski definition) is 2. The number of nitrogen functional groups attached to an aromatic ring is 2. The Kier molecular flexibility index (Phi) is 2.89.